The van der Waals surface area contributed by atoms with Gasteiger partial charge in [0.1, 0.15) is 5.76 Å². The van der Waals surface area contributed by atoms with Crippen molar-refractivity contribution < 1.29 is 9.21 Å². The van der Waals surface area contributed by atoms with Crippen LogP contribution in [0.3, 0.4) is 0 Å². The third-order valence-electron chi connectivity index (χ3n) is 1.70. The van der Waals surface area contributed by atoms with Gasteiger partial charge in [0, 0.05) is 12.8 Å². The molecule has 64 valence electrons. The molecular weight excluding hydrogens is 152 g/mol. The summed E-state index contributed by atoms with van der Waals surface area (Å²) in [6.45, 7) is 5.48. The Labute approximate surface area is 71.9 Å². The maximum atomic E-state index is 11.4. The zero-order valence-electron chi connectivity index (χ0n) is 7.17. The van der Waals surface area contributed by atoms with Gasteiger partial charge in [-0.25, -0.2) is 0 Å². The second-order valence-corrected chi connectivity index (χ2v) is 2.53. The van der Waals surface area contributed by atoms with E-state index in [0.717, 1.165) is 12.2 Å². The normalized spacial score (nSPS) is 9.75. The first-order valence-electron chi connectivity index (χ1n) is 4.00. The van der Waals surface area contributed by atoms with Gasteiger partial charge in [-0.1, -0.05) is 13.0 Å². The Kier molecular flexibility index (Phi) is 2.86. The van der Waals surface area contributed by atoms with Crippen LogP contribution in [0.2, 0.25) is 0 Å². The number of aryl methyl sites for hydroxylation is 1. The maximum Gasteiger partial charge on any atom is 0.170 e. The molecule has 0 fully saturated rings. The first-order valence-corrected chi connectivity index (χ1v) is 4.00. The molecule has 1 aromatic rings. The number of rotatable bonds is 4. The predicted molar refractivity (Wildman–Crippen MR) is 47.2 cm³/mol. The van der Waals surface area contributed by atoms with Crippen LogP contribution >= 0.6 is 0 Å². The van der Waals surface area contributed by atoms with Crippen LogP contribution in [0.4, 0.5) is 0 Å². The molecule has 0 aliphatic heterocycles. The van der Waals surface area contributed by atoms with Gasteiger partial charge in [-0.3, -0.25) is 4.79 Å². The molecule has 0 spiro atoms. The Balaban J connectivity index is 2.85. The Bertz CT molecular complexity index is 284. The topological polar surface area (TPSA) is 30.2 Å². The molecule has 1 heterocycles. The molecule has 0 saturated carbocycles. The average molecular weight is 164 g/mol. The third kappa shape index (κ3) is 1.64. The fourth-order valence-corrected chi connectivity index (χ4v) is 1.10. The van der Waals surface area contributed by atoms with Crippen LogP contribution in [0.25, 0.3) is 0 Å². The molecule has 1 rings (SSSR count). The van der Waals surface area contributed by atoms with E-state index in [9.17, 15) is 4.79 Å². The number of Topliss-reactive ketones (excluding diaryl/α,β-unsaturated/α-hetero) is 1. The largest absolute Gasteiger partial charge is 0.469 e. The van der Waals surface area contributed by atoms with Crippen molar-refractivity contribution >= 4 is 5.78 Å². The van der Waals surface area contributed by atoms with Gasteiger partial charge in [0.2, 0.25) is 0 Å². The minimum absolute atomic E-state index is 0.0793. The highest BCUT2D eigenvalue weighted by atomic mass is 16.3. The summed E-state index contributed by atoms with van der Waals surface area (Å²) in [7, 11) is 0. The molecule has 0 radical (unpaired) electrons. The van der Waals surface area contributed by atoms with E-state index < -0.39 is 0 Å². The lowest BCUT2D eigenvalue weighted by Gasteiger charge is -1.95. The van der Waals surface area contributed by atoms with Gasteiger partial charge in [0.25, 0.3) is 0 Å². The van der Waals surface area contributed by atoms with Crippen molar-refractivity contribution in [1.82, 2.24) is 0 Å². The summed E-state index contributed by atoms with van der Waals surface area (Å²) < 4.78 is 5.13. The summed E-state index contributed by atoms with van der Waals surface area (Å²) >= 11 is 0. The van der Waals surface area contributed by atoms with E-state index >= 15 is 0 Å². The molecule has 2 heteroatoms. The number of furan rings is 1. The van der Waals surface area contributed by atoms with Crippen molar-refractivity contribution in [3.8, 4) is 0 Å². The summed E-state index contributed by atoms with van der Waals surface area (Å²) in [5.41, 5.74) is 0.692. The second kappa shape index (κ2) is 3.90. The molecule has 2 nitrogen and oxygen atoms in total. The zero-order valence-corrected chi connectivity index (χ0v) is 7.17. The van der Waals surface area contributed by atoms with E-state index in [0.29, 0.717) is 12.0 Å². The zero-order chi connectivity index (χ0) is 8.97. The van der Waals surface area contributed by atoms with E-state index in [2.05, 4.69) is 6.58 Å². The molecule has 0 aliphatic rings. The van der Waals surface area contributed by atoms with Crippen molar-refractivity contribution in [1.29, 1.82) is 0 Å². The summed E-state index contributed by atoms with van der Waals surface area (Å²) in [6.07, 6.45) is 4.29. The number of allylic oxidation sites excluding steroid dienone is 1. The lowest BCUT2D eigenvalue weighted by atomic mass is 10.1. The first kappa shape index (κ1) is 8.78. The molecule has 0 unspecified atom stereocenters. The summed E-state index contributed by atoms with van der Waals surface area (Å²) in [6, 6.07) is 1.71. The van der Waals surface area contributed by atoms with E-state index in [4.69, 9.17) is 4.42 Å². The Morgan fingerprint density at radius 2 is 2.50 bits per heavy atom. The highest BCUT2D eigenvalue weighted by molar-refractivity contribution is 5.97. The Morgan fingerprint density at radius 3 is 3.08 bits per heavy atom. The quantitative estimate of drug-likeness (QED) is 0.505. The lowest BCUT2D eigenvalue weighted by molar-refractivity contribution is 0.0994. The monoisotopic (exact) mass is 164 g/mol. The van der Waals surface area contributed by atoms with Gasteiger partial charge >= 0.3 is 0 Å². The number of carbonyl (C=O) groups excluding carboxylic acids is 1. The molecule has 0 N–H and O–H groups in total. The standard InChI is InChI=1S/C10H12O2/c1-3-5-9(11)8-6-7-12-10(8)4-2/h3,6-7H,1,4-5H2,2H3. The van der Waals surface area contributed by atoms with Gasteiger partial charge in [0.05, 0.1) is 11.8 Å². The van der Waals surface area contributed by atoms with Crippen LogP contribution in [-0.4, -0.2) is 5.78 Å². The Morgan fingerprint density at radius 1 is 1.75 bits per heavy atom. The van der Waals surface area contributed by atoms with Crippen LogP contribution in [0.5, 0.6) is 0 Å². The molecule has 0 amide bonds. The van der Waals surface area contributed by atoms with Gasteiger partial charge in [-0.15, -0.1) is 6.58 Å². The maximum absolute atomic E-state index is 11.4. The molecule has 0 aliphatic carbocycles. The number of hydrogen-bond acceptors (Lipinski definition) is 2. The lowest BCUT2D eigenvalue weighted by Crippen LogP contribution is -1.98. The molecule has 0 aromatic carbocycles. The Hall–Kier alpha value is -1.31. The van der Waals surface area contributed by atoms with Gasteiger partial charge in [0.15, 0.2) is 5.78 Å². The van der Waals surface area contributed by atoms with Crippen molar-refractivity contribution in [2.24, 2.45) is 0 Å². The van der Waals surface area contributed by atoms with Crippen molar-refractivity contribution in [3.63, 3.8) is 0 Å². The first-order chi connectivity index (χ1) is 5.79. The van der Waals surface area contributed by atoms with Gasteiger partial charge in [-0.05, 0) is 6.07 Å². The third-order valence-corrected chi connectivity index (χ3v) is 1.70. The van der Waals surface area contributed by atoms with Crippen LogP contribution in [0.1, 0.15) is 29.5 Å². The van der Waals surface area contributed by atoms with Gasteiger partial charge in [-0.2, -0.15) is 0 Å². The number of carbonyl (C=O) groups is 1. The summed E-state index contributed by atoms with van der Waals surface area (Å²) in [4.78, 5) is 11.4. The summed E-state index contributed by atoms with van der Waals surface area (Å²) in [5, 5.41) is 0. The van der Waals surface area contributed by atoms with Crippen molar-refractivity contribution in [2.45, 2.75) is 19.8 Å². The van der Waals surface area contributed by atoms with Crippen LogP contribution in [-0.2, 0) is 6.42 Å². The second-order valence-electron chi connectivity index (χ2n) is 2.53. The van der Waals surface area contributed by atoms with Crippen molar-refractivity contribution in [3.05, 3.63) is 36.3 Å². The summed E-state index contributed by atoms with van der Waals surface area (Å²) in [5.74, 6) is 0.845. The number of hydrogen-bond donors (Lipinski definition) is 0. The average Bonchev–Trinajstić information content (AvgIpc) is 2.51. The molecule has 1 aromatic heterocycles. The van der Waals surface area contributed by atoms with Crippen LogP contribution < -0.4 is 0 Å². The van der Waals surface area contributed by atoms with E-state index in [-0.39, 0.29) is 5.78 Å². The van der Waals surface area contributed by atoms with E-state index in [1.165, 1.54) is 0 Å². The smallest absolute Gasteiger partial charge is 0.170 e. The SMILES string of the molecule is C=CCC(=O)c1ccoc1CC. The highest BCUT2D eigenvalue weighted by Crippen LogP contribution is 2.13. The minimum Gasteiger partial charge on any atom is -0.469 e. The highest BCUT2D eigenvalue weighted by Gasteiger charge is 2.10. The fraction of sp³-hybridized carbons (Fsp3) is 0.300. The molecule has 0 saturated heterocycles. The molecule has 0 atom stereocenters. The fourth-order valence-electron chi connectivity index (χ4n) is 1.10. The van der Waals surface area contributed by atoms with Crippen LogP contribution in [0.15, 0.2) is 29.4 Å². The van der Waals surface area contributed by atoms with Crippen LogP contribution in [0, 0.1) is 0 Å². The minimum atomic E-state index is 0.0793. The molecular formula is C10H12O2. The van der Waals surface area contributed by atoms with Crippen molar-refractivity contribution in [2.75, 3.05) is 0 Å². The van der Waals surface area contributed by atoms with E-state index in [1.54, 1.807) is 18.4 Å². The molecule has 12 heavy (non-hydrogen) atoms. The number of ketones is 1. The predicted octanol–water partition coefficient (Wildman–Crippen LogP) is 2.60. The molecule has 0 bridgehead atoms. The van der Waals surface area contributed by atoms with E-state index in [1.807, 2.05) is 6.92 Å². The van der Waals surface area contributed by atoms with Gasteiger partial charge < -0.3 is 4.42 Å².